The summed E-state index contributed by atoms with van der Waals surface area (Å²) >= 11 is 0. The average molecular weight is 317 g/mol. The summed E-state index contributed by atoms with van der Waals surface area (Å²) in [6.45, 7) is 5.56. The third-order valence-corrected chi connectivity index (χ3v) is 3.99. The molecule has 1 aromatic carbocycles. The molecule has 1 saturated heterocycles. The van der Waals surface area contributed by atoms with Gasteiger partial charge in [-0.15, -0.1) is 0 Å². The van der Waals surface area contributed by atoms with Gasteiger partial charge in [0.15, 0.2) is 0 Å². The molecule has 6 nitrogen and oxygen atoms in total. The van der Waals surface area contributed by atoms with Crippen LogP contribution in [0.5, 0.6) is 0 Å². The molecule has 124 valence electrons. The Balaban J connectivity index is 1.75. The van der Waals surface area contributed by atoms with E-state index in [-0.39, 0.29) is 5.91 Å². The molecule has 2 N–H and O–H groups in total. The molecule has 1 fully saturated rings. The molecule has 0 aromatic heterocycles. The highest BCUT2D eigenvalue weighted by Gasteiger charge is 2.19. The molecule has 0 spiro atoms. The van der Waals surface area contributed by atoms with E-state index in [4.69, 9.17) is 0 Å². The number of likely N-dealkylation sites (tertiary alicyclic amines) is 1. The molecule has 3 amide bonds. The van der Waals surface area contributed by atoms with Crippen molar-refractivity contribution < 1.29 is 14.4 Å². The van der Waals surface area contributed by atoms with Crippen molar-refractivity contribution in [3.05, 3.63) is 29.3 Å². The molecule has 2 rings (SSSR count). The topological polar surface area (TPSA) is 78.5 Å². The van der Waals surface area contributed by atoms with Gasteiger partial charge in [0.2, 0.25) is 5.91 Å². The number of nitrogens with zero attached hydrogens (tertiary/aromatic N) is 1. The van der Waals surface area contributed by atoms with Crippen LogP contribution >= 0.6 is 0 Å². The SMILES string of the molecule is Cc1cccc(C)c1NC(=O)C(=O)NCCCN1CCCC1=O. The summed E-state index contributed by atoms with van der Waals surface area (Å²) in [7, 11) is 0. The second-order valence-electron chi connectivity index (χ2n) is 5.81. The Morgan fingerprint density at radius 2 is 1.87 bits per heavy atom. The van der Waals surface area contributed by atoms with Gasteiger partial charge in [-0.2, -0.15) is 0 Å². The molecule has 0 radical (unpaired) electrons. The minimum absolute atomic E-state index is 0.170. The molecule has 0 atom stereocenters. The predicted octanol–water partition coefficient (Wildman–Crippen LogP) is 1.37. The van der Waals surface area contributed by atoms with Crippen LogP contribution in [0.4, 0.5) is 5.69 Å². The van der Waals surface area contributed by atoms with Gasteiger partial charge in [0, 0.05) is 31.7 Å². The van der Waals surface area contributed by atoms with Gasteiger partial charge in [-0.1, -0.05) is 18.2 Å². The van der Waals surface area contributed by atoms with Crippen molar-refractivity contribution in [1.82, 2.24) is 10.2 Å². The zero-order chi connectivity index (χ0) is 16.8. The first kappa shape index (κ1) is 17.0. The molecule has 1 heterocycles. The van der Waals surface area contributed by atoms with E-state index in [9.17, 15) is 14.4 Å². The maximum Gasteiger partial charge on any atom is 0.313 e. The Hall–Kier alpha value is -2.37. The molecule has 1 aromatic rings. The maximum atomic E-state index is 11.9. The number of rotatable bonds is 5. The normalized spacial score (nSPS) is 14.0. The standard InChI is InChI=1S/C17H23N3O3/c1-12-6-3-7-13(2)15(12)19-17(23)16(22)18-9-5-11-20-10-4-8-14(20)21/h3,6-7H,4-5,8-11H2,1-2H3,(H,18,22)(H,19,23). The summed E-state index contributed by atoms with van der Waals surface area (Å²) in [6, 6.07) is 5.67. The van der Waals surface area contributed by atoms with Crippen LogP contribution in [-0.4, -0.2) is 42.3 Å². The van der Waals surface area contributed by atoms with Gasteiger partial charge in [0.1, 0.15) is 0 Å². The second kappa shape index (κ2) is 7.76. The van der Waals surface area contributed by atoms with Crippen LogP contribution in [0.1, 0.15) is 30.4 Å². The van der Waals surface area contributed by atoms with Crippen LogP contribution in [0.3, 0.4) is 0 Å². The third-order valence-electron chi connectivity index (χ3n) is 3.99. The lowest BCUT2D eigenvalue weighted by atomic mass is 10.1. The molecule has 6 heteroatoms. The summed E-state index contributed by atoms with van der Waals surface area (Å²) in [5.41, 5.74) is 2.51. The smallest absolute Gasteiger partial charge is 0.313 e. The molecular formula is C17H23N3O3. The minimum atomic E-state index is -0.667. The van der Waals surface area contributed by atoms with E-state index in [1.54, 1.807) is 4.90 Å². The van der Waals surface area contributed by atoms with Crippen LogP contribution in [-0.2, 0) is 14.4 Å². The van der Waals surface area contributed by atoms with Crippen LogP contribution in [0.25, 0.3) is 0 Å². The van der Waals surface area contributed by atoms with E-state index < -0.39 is 11.8 Å². The maximum absolute atomic E-state index is 11.9. The van der Waals surface area contributed by atoms with Crippen LogP contribution in [0, 0.1) is 13.8 Å². The highest BCUT2D eigenvalue weighted by atomic mass is 16.2. The van der Waals surface area contributed by atoms with Crippen LogP contribution in [0.15, 0.2) is 18.2 Å². The molecule has 23 heavy (non-hydrogen) atoms. The largest absolute Gasteiger partial charge is 0.348 e. The number of anilines is 1. The Morgan fingerprint density at radius 1 is 1.17 bits per heavy atom. The summed E-state index contributed by atoms with van der Waals surface area (Å²) in [4.78, 5) is 37.0. The summed E-state index contributed by atoms with van der Waals surface area (Å²) in [6.07, 6.45) is 2.17. The summed E-state index contributed by atoms with van der Waals surface area (Å²) in [5.74, 6) is -1.15. The fraction of sp³-hybridized carbons (Fsp3) is 0.471. The van der Waals surface area contributed by atoms with Crippen molar-refractivity contribution in [3.8, 4) is 0 Å². The van der Waals surface area contributed by atoms with Gasteiger partial charge in [-0.25, -0.2) is 0 Å². The van der Waals surface area contributed by atoms with Gasteiger partial charge >= 0.3 is 11.8 Å². The molecule has 0 unspecified atom stereocenters. The number of benzene rings is 1. The average Bonchev–Trinajstić information content (AvgIpc) is 2.92. The number of para-hydroxylation sites is 1. The third kappa shape index (κ3) is 4.55. The molecule has 1 aliphatic heterocycles. The highest BCUT2D eigenvalue weighted by Crippen LogP contribution is 2.19. The van der Waals surface area contributed by atoms with E-state index in [1.165, 1.54) is 0 Å². The number of aryl methyl sites for hydroxylation is 2. The van der Waals surface area contributed by atoms with Crippen molar-refractivity contribution in [2.75, 3.05) is 25.0 Å². The zero-order valence-corrected chi connectivity index (χ0v) is 13.6. The monoisotopic (exact) mass is 317 g/mol. The molecule has 1 aliphatic rings. The lowest BCUT2D eigenvalue weighted by Gasteiger charge is -2.15. The number of nitrogens with one attached hydrogen (secondary N) is 2. The van der Waals surface area contributed by atoms with Crippen molar-refractivity contribution in [3.63, 3.8) is 0 Å². The minimum Gasteiger partial charge on any atom is -0.348 e. The molecule has 0 aliphatic carbocycles. The van der Waals surface area contributed by atoms with E-state index in [1.807, 2.05) is 32.0 Å². The predicted molar refractivity (Wildman–Crippen MR) is 88.0 cm³/mol. The van der Waals surface area contributed by atoms with Crippen LogP contribution in [0.2, 0.25) is 0 Å². The zero-order valence-electron chi connectivity index (χ0n) is 13.6. The molecule has 0 bridgehead atoms. The van der Waals surface area contributed by atoms with E-state index >= 15 is 0 Å². The van der Waals surface area contributed by atoms with Crippen molar-refractivity contribution in [2.24, 2.45) is 0 Å². The first-order chi connectivity index (χ1) is 11.0. The number of carbonyl (C=O) groups is 3. The quantitative estimate of drug-likeness (QED) is 0.636. The number of hydrogen-bond donors (Lipinski definition) is 2. The van der Waals surface area contributed by atoms with Gasteiger partial charge in [0.25, 0.3) is 0 Å². The number of amides is 3. The van der Waals surface area contributed by atoms with Crippen LogP contribution < -0.4 is 10.6 Å². The van der Waals surface area contributed by atoms with Crippen molar-refractivity contribution in [1.29, 1.82) is 0 Å². The van der Waals surface area contributed by atoms with Gasteiger partial charge < -0.3 is 15.5 Å². The van der Waals surface area contributed by atoms with E-state index in [0.29, 0.717) is 31.6 Å². The van der Waals surface area contributed by atoms with Crippen molar-refractivity contribution in [2.45, 2.75) is 33.1 Å². The Kier molecular flexibility index (Phi) is 5.73. The van der Waals surface area contributed by atoms with Gasteiger partial charge in [-0.05, 0) is 37.8 Å². The first-order valence-electron chi connectivity index (χ1n) is 7.92. The Morgan fingerprint density at radius 3 is 2.48 bits per heavy atom. The number of carbonyl (C=O) groups excluding carboxylic acids is 3. The fourth-order valence-corrected chi connectivity index (χ4v) is 2.67. The fourth-order valence-electron chi connectivity index (χ4n) is 2.67. The van der Waals surface area contributed by atoms with Crippen molar-refractivity contribution >= 4 is 23.4 Å². The highest BCUT2D eigenvalue weighted by molar-refractivity contribution is 6.39. The first-order valence-corrected chi connectivity index (χ1v) is 7.92. The molecular weight excluding hydrogens is 294 g/mol. The molecule has 0 saturated carbocycles. The lowest BCUT2D eigenvalue weighted by Crippen LogP contribution is -2.37. The Bertz CT molecular complexity index is 593. The van der Waals surface area contributed by atoms with E-state index in [2.05, 4.69) is 10.6 Å². The second-order valence-corrected chi connectivity index (χ2v) is 5.81. The lowest BCUT2D eigenvalue weighted by molar-refractivity contribution is -0.136. The Labute approximate surface area is 136 Å². The van der Waals surface area contributed by atoms with E-state index in [0.717, 1.165) is 24.1 Å². The number of hydrogen-bond acceptors (Lipinski definition) is 3. The summed E-state index contributed by atoms with van der Waals surface area (Å²) < 4.78 is 0. The van der Waals surface area contributed by atoms with Gasteiger partial charge in [-0.3, -0.25) is 14.4 Å². The van der Waals surface area contributed by atoms with Gasteiger partial charge in [0.05, 0.1) is 0 Å². The summed E-state index contributed by atoms with van der Waals surface area (Å²) in [5, 5.41) is 5.24.